The van der Waals surface area contributed by atoms with Crippen LogP contribution in [0.25, 0.3) is 0 Å². The highest BCUT2D eigenvalue weighted by molar-refractivity contribution is 5.87. The van der Waals surface area contributed by atoms with Gasteiger partial charge in [0.25, 0.3) is 0 Å². The van der Waals surface area contributed by atoms with Crippen molar-refractivity contribution in [2.75, 3.05) is 33.0 Å². The summed E-state index contributed by atoms with van der Waals surface area (Å²) in [6, 6.07) is 6.29. The molecule has 0 unspecified atom stereocenters. The molecule has 0 amide bonds. The van der Waals surface area contributed by atoms with Gasteiger partial charge < -0.3 is 19.3 Å². The Balaban J connectivity index is 2.05. The van der Waals surface area contributed by atoms with Crippen LogP contribution in [0.15, 0.2) is 24.3 Å². The van der Waals surface area contributed by atoms with Crippen LogP contribution in [0, 0.1) is 5.92 Å². The molecule has 0 bridgehead atoms. The van der Waals surface area contributed by atoms with Crippen molar-refractivity contribution in [3.63, 3.8) is 0 Å². The van der Waals surface area contributed by atoms with Crippen molar-refractivity contribution in [3.05, 3.63) is 29.8 Å². The van der Waals surface area contributed by atoms with Gasteiger partial charge in [0.2, 0.25) is 0 Å². The lowest BCUT2D eigenvalue weighted by atomic mass is 10.2. The van der Waals surface area contributed by atoms with Crippen molar-refractivity contribution < 1.29 is 24.1 Å². The highest BCUT2D eigenvalue weighted by Crippen LogP contribution is 2.11. The van der Waals surface area contributed by atoms with Crippen LogP contribution in [0.5, 0.6) is 5.75 Å². The summed E-state index contributed by atoms with van der Waals surface area (Å²) in [6.07, 6.45) is 0. The van der Waals surface area contributed by atoms with Gasteiger partial charge in [0, 0.05) is 6.61 Å². The molecule has 0 heterocycles. The van der Waals surface area contributed by atoms with Gasteiger partial charge in [-0.05, 0) is 30.2 Å². The maximum absolute atomic E-state index is 10.7. The summed E-state index contributed by atoms with van der Waals surface area (Å²) >= 11 is 0. The van der Waals surface area contributed by atoms with Gasteiger partial charge in [-0.3, -0.25) is 0 Å². The Morgan fingerprint density at radius 1 is 1.05 bits per heavy atom. The van der Waals surface area contributed by atoms with E-state index < -0.39 is 5.97 Å². The second-order valence-electron chi connectivity index (χ2n) is 4.76. The minimum absolute atomic E-state index is 0.246. The second kappa shape index (κ2) is 9.34. The summed E-state index contributed by atoms with van der Waals surface area (Å²) in [5.41, 5.74) is 0.246. The first-order valence-electron chi connectivity index (χ1n) is 6.71. The molecule has 112 valence electrons. The Morgan fingerprint density at radius 2 is 1.65 bits per heavy atom. The van der Waals surface area contributed by atoms with Gasteiger partial charge in [0.1, 0.15) is 12.4 Å². The second-order valence-corrected chi connectivity index (χ2v) is 4.76. The lowest BCUT2D eigenvalue weighted by molar-refractivity contribution is 0.0282. The molecule has 0 aliphatic carbocycles. The van der Waals surface area contributed by atoms with Crippen LogP contribution in [-0.4, -0.2) is 44.1 Å². The zero-order chi connectivity index (χ0) is 14.8. The largest absolute Gasteiger partial charge is 0.491 e. The molecule has 1 aromatic carbocycles. The third-order valence-electron chi connectivity index (χ3n) is 2.42. The van der Waals surface area contributed by atoms with E-state index in [0.717, 1.165) is 6.61 Å². The van der Waals surface area contributed by atoms with Gasteiger partial charge in [-0.15, -0.1) is 0 Å². The number of ether oxygens (including phenoxy) is 3. The molecule has 0 atom stereocenters. The number of benzene rings is 1. The van der Waals surface area contributed by atoms with Crippen molar-refractivity contribution in [1.82, 2.24) is 0 Å². The van der Waals surface area contributed by atoms with Crippen LogP contribution in [0.1, 0.15) is 24.2 Å². The van der Waals surface area contributed by atoms with Gasteiger partial charge in [-0.2, -0.15) is 0 Å². The monoisotopic (exact) mass is 282 g/mol. The van der Waals surface area contributed by atoms with E-state index in [4.69, 9.17) is 19.3 Å². The third kappa shape index (κ3) is 7.11. The Hall–Kier alpha value is -1.59. The smallest absolute Gasteiger partial charge is 0.335 e. The molecule has 0 aliphatic heterocycles. The Kier molecular flexibility index (Phi) is 7.69. The zero-order valence-corrected chi connectivity index (χ0v) is 12.0. The van der Waals surface area contributed by atoms with E-state index >= 15 is 0 Å². The predicted octanol–water partition coefficient (Wildman–Crippen LogP) is 2.45. The standard InChI is InChI=1S/C15H22O5/c1-12(2)11-19-8-7-18-9-10-20-14-5-3-13(4-6-14)15(16)17/h3-6,12H,7-11H2,1-2H3,(H,16,17). The van der Waals surface area contributed by atoms with Crippen molar-refractivity contribution in [2.45, 2.75) is 13.8 Å². The molecular formula is C15H22O5. The van der Waals surface area contributed by atoms with Gasteiger partial charge in [0.15, 0.2) is 0 Å². The minimum atomic E-state index is -0.943. The summed E-state index contributed by atoms with van der Waals surface area (Å²) in [4.78, 5) is 10.7. The maximum atomic E-state index is 10.7. The minimum Gasteiger partial charge on any atom is -0.491 e. The summed E-state index contributed by atoms with van der Waals surface area (Å²) < 4.78 is 16.2. The van der Waals surface area contributed by atoms with Crippen molar-refractivity contribution in [2.24, 2.45) is 5.92 Å². The van der Waals surface area contributed by atoms with Crippen LogP contribution in [0.4, 0.5) is 0 Å². The van der Waals surface area contributed by atoms with Crippen LogP contribution in [0.2, 0.25) is 0 Å². The van der Waals surface area contributed by atoms with E-state index in [-0.39, 0.29) is 5.56 Å². The molecular weight excluding hydrogens is 260 g/mol. The lowest BCUT2D eigenvalue weighted by Crippen LogP contribution is -2.12. The van der Waals surface area contributed by atoms with Crippen LogP contribution in [-0.2, 0) is 9.47 Å². The molecule has 0 aliphatic rings. The Bertz CT molecular complexity index is 386. The molecule has 5 nitrogen and oxygen atoms in total. The van der Waals surface area contributed by atoms with Crippen molar-refractivity contribution in [1.29, 1.82) is 0 Å². The summed E-state index contributed by atoms with van der Waals surface area (Å²) in [7, 11) is 0. The molecule has 0 fully saturated rings. The number of carboxylic acid groups (broad SMARTS) is 1. The number of carbonyl (C=O) groups is 1. The molecule has 0 radical (unpaired) electrons. The molecule has 1 rings (SSSR count). The SMILES string of the molecule is CC(C)COCCOCCOc1ccc(C(=O)O)cc1. The Morgan fingerprint density at radius 3 is 2.25 bits per heavy atom. The molecule has 0 aromatic heterocycles. The van der Waals surface area contributed by atoms with E-state index in [1.54, 1.807) is 12.1 Å². The number of hydrogen-bond acceptors (Lipinski definition) is 4. The first-order chi connectivity index (χ1) is 9.59. The molecule has 0 saturated heterocycles. The fourth-order valence-electron chi connectivity index (χ4n) is 1.45. The van der Waals surface area contributed by atoms with E-state index in [2.05, 4.69) is 13.8 Å². The number of carboxylic acids is 1. The van der Waals surface area contributed by atoms with E-state index in [9.17, 15) is 4.79 Å². The highest BCUT2D eigenvalue weighted by Gasteiger charge is 2.01. The molecule has 0 saturated carbocycles. The summed E-state index contributed by atoms with van der Waals surface area (Å²) in [6.45, 7) is 6.99. The maximum Gasteiger partial charge on any atom is 0.335 e. The molecule has 1 aromatic rings. The van der Waals surface area contributed by atoms with Gasteiger partial charge in [-0.25, -0.2) is 4.79 Å². The fraction of sp³-hybridized carbons (Fsp3) is 0.533. The molecule has 20 heavy (non-hydrogen) atoms. The normalized spacial score (nSPS) is 10.8. The summed E-state index contributed by atoms with van der Waals surface area (Å²) in [5.74, 6) is 0.225. The fourth-order valence-corrected chi connectivity index (χ4v) is 1.45. The number of aromatic carboxylic acids is 1. The van der Waals surface area contributed by atoms with Gasteiger partial charge >= 0.3 is 5.97 Å². The number of rotatable bonds is 10. The topological polar surface area (TPSA) is 65.0 Å². The first kappa shape index (κ1) is 16.5. The lowest BCUT2D eigenvalue weighted by Gasteiger charge is -2.09. The average molecular weight is 282 g/mol. The first-order valence-corrected chi connectivity index (χ1v) is 6.71. The molecule has 5 heteroatoms. The highest BCUT2D eigenvalue weighted by atomic mass is 16.5. The zero-order valence-electron chi connectivity index (χ0n) is 12.0. The molecule has 0 spiro atoms. The van der Waals surface area contributed by atoms with Crippen molar-refractivity contribution in [3.8, 4) is 5.75 Å². The summed E-state index contributed by atoms with van der Waals surface area (Å²) in [5, 5.41) is 8.75. The van der Waals surface area contributed by atoms with Crippen LogP contribution < -0.4 is 4.74 Å². The van der Waals surface area contributed by atoms with Gasteiger partial charge in [0.05, 0.1) is 25.4 Å². The molecule has 1 N–H and O–H groups in total. The third-order valence-corrected chi connectivity index (χ3v) is 2.42. The van der Waals surface area contributed by atoms with Gasteiger partial charge in [-0.1, -0.05) is 13.8 Å². The Labute approximate surface area is 119 Å². The van der Waals surface area contributed by atoms with E-state index in [0.29, 0.717) is 38.1 Å². The quantitative estimate of drug-likeness (QED) is 0.668. The van der Waals surface area contributed by atoms with Crippen LogP contribution in [0.3, 0.4) is 0 Å². The average Bonchev–Trinajstić information content (AvgIpc) is 2.42. The van der Waals surface area contributed by atoms with E-state index in [1.165, 1.54) is 12.1 Å². The number of hydrogen-bond donors (Lipinski definition) is 1. The van der Waals surface area contributed by atoms with Crippen molar-refractivity contribution >= 4 is 5.97 Å². The predicted molar refractivity (Wildman–Crippen MR) is 75.4 cm³/mol. The van der Waals surface area contributed by atoms with E-state index in [1.807, 2.05) is 0 Å². The van der Waals surface area contributed by atoms with Crippen LogP contribution >= 0.6 is 0 Å².